The smallest absolute Gasteiger partial charge is 0.311 e. The minimum atomic E-state index is -0.454. The van der Waals surface area contributed by atoms with E-state index in [1.807, 2.05) is 55.4 Å². The molecule has 1 heterocycles. The summed E-state index contributed by atoms with van der Waals surface area (Å²) in [6.07, 6.45) is 2.53. The fourth-order valence-corrected chi connectivity index (χ4v) is 1.76. The average Bonchev–Trinajstić information content (AvgIpc) is 3.45. The van der Waals surface area contributed by atoms with Gasteiger partial charge in [-0.3, -0.25) is 14.4 Å². The molecule has 0 aromatic heterocycles. The molecule has 0 radical (unpaired) electrons. The van der Waals surface area contributed by atoms with Crippen molar-refractivity contribution in [3.05, 3.63) is 0 Å². The van der Waals surface area contributed by atoms with Crippen molar-refractivity contribution >= 4 is 17.9 Å². The van der Waals surface area contributed by atoms with Gasteiger partial charge in [-0.15, -0.1) is 0 Å². The Morgan fingerprint density at radius 1 is 1.07 bits per heavy atom. The molecule has 2 unspecified atom stereocenters. The summed E-state index contributed by atoms with van der Waals surface area (Å²) in [5.41, 5.74) is -0.806. The average molecular weight is 417 g/mol. The van der Waals surface area contributed by atoms with Crippen molar-refractivity contribution in [2.24, 2.45) is 11.3 Å². The normalized spacial score (nSPS) is 16.8. The Morgan fingerprint density at radius 2 is 1.66 bits per heavy atom. The molecule has 0 aromatic rings. The van der Waals surface area contributed by atoms with Gasteiger partial charge < -0.3 is 18.9 Å². The van der Waals surface area contributed by atoms with Crippen LogP contribution in [0.3, 0.4) is 0 Å². The predicted octanol–water partition coefficient (Wildman–Crippen LogP) is 4.06. The van der Waals surface area contributed by atoms with Crippen molar-refractivity contribution in [1.82, 2.24) is 0 Å². The van der Waals surface area contributed by atoms with Gasteiger partial charge in [0.2, 0.25) is 0 Å². The number of esters is 3. The third-order valence-corrected chi connectivity index (χ3v) is 4.44. The number of epoxide rings is 1. The van der Waals surface area contributed by atoms with Gasteiger partial charge in [-0.25, -0.2) is 0 Å². The first kappa shape index (κ1) is 27.4. The summed E-state index contributed by atoms with van der Waals surface area (Å²) in [5, 5.41) is 0. The van der Waals surface area contributed by atoms with Crippen LogP contribution in [0.4, 0.5) is 0 Å². The Hall–Kier alpha value is -1.63. The SMILES string of the molecule is CCC(C)(C)C(=O)OCC1CO1.CCC(C)C(=O)OCCCC(=O)OC(C)(C)C. The first-order chi connectivity index (χ1) is 13.3. The van der Waals surface area contributed by atoms with E-state index in [1.165, 1.54) is 0 Å². The Morgan fingerprint density at radius 3 is 2.10 bits per heavy atom. The fourth-order valence-electron chi connectivity index (χ4n) is 1.76. The van der Waals surface area contributed by atoms with E-state index in [-0.39, 0.29) is 48.4 Å². The molecule has 1 rings (SSSR count). The first-order valence-corrected chi connectivity index (χ1v) is 10.5. The topological polar surface area (TPSA) is 91.4 Å². The molecule has 1 aliphatic heterocycles. The second-order valence-electron chi connectivity index (χ2n) is 8.96. The zero-order valence-corrected chi connectivity index (χ0v) is 19.5. The van der Waals surface area contributed by atoms with Crippen LogP contribution in [0, 0.1) is 11.3 Å². The number of hydrogen-bond donors (Lipinski definition) is 0. The van der Waals surface area contributed by atoms with E-state index in [9.17, 15) is 14.4 Å². The summed E-state index contributed by atoms with van der Waals surface area (Å²) in [4.78, 5) is 34.0. The predicted molar refractivity (Wildman–Crippen MR) is 110 cm³/mol. The van der Waals surface area contributed by atoms with Gasteiger partial charge in [0.1, 0.15) is 18.3 Å². The molecule has 0 N–H and O–H groups in total. The summed E-state index contributed by atoms with van der Waals surface area (Å²) in [7, 11) is 0. The Labute approximate surface area is 175 Å². The van der Waals surface area contributed by atoms with Gasteiger partial charge >= 0.3 is 17.9 Å². The Bertz CT molecular complexity index is 516. The van der Waals surface area contributed by atoms with Crippen molar-refractivity contribution in [2.45, 2.75) is 92.8 Å². The minimum Gasteiger partial charge on any atom is -0.465 e. The molecule has 1 saturated heterocycles. The first-order valence-electron chi connectivity index (χ1n) is 10.5. The van der Waals surface area contributed by atoms with Crippen LogP contribution in [0.1, 0.15) is 81.1 Å². The van der Waals surface area contributed by atoms with E-state index in [1.54, 1.807) is 0 Å². The summed E-state index contributed by atoms with van der Waals surface area (Å²) in [6, 6.07) is 0. The van der Waals surface area contributed by atoms with E-state index < -0.39 is 5.60 Å². The lowest BCUT2D eigenvalue weighted by molar-refractivity contribution is -0.157. The maximum absolute atomic E-state index is 11.4. The number of rotatable bonds is 10. The highest BCUT2D eigenvalue weighted by Crippen LogP contribution is 2.22. The van der Waals surface area contributed by atoms with E-state index in [4.69, 9.17) is 18.9 Å². The lowest BCUT2D eigenvalue weighted by Gasteiger charge is -2.19. The third kappa shape index (κ3) is 14.1. The molecule has 0 amide bonds. The van der Waals surface area contributed by atoms with Gasteiger partial charge in [-0.05, 0) is 53.9 Å². The number of ether oxygens (including phenoxy) is 4. The van der Waals surface area contributed by atoms with Crippen LogP contribution in [-0.4, -0.2) is 49.4 Å². The number of hydrogen-bond acceptors (Lipinski definition) is 7. The van der Waals surface area contributed by atoms with Crippen LogP contribution >= 0.6 is 0 Å². The summed E-state index contributed by atoms with van der Waals surface area (Å²) >= 11 is 0. The molecule has 0 aromatic carbocycles. The van der Waals surface area contributed by atoms with Crippen LogP contribution in [0.5, 0.6) is 0 Å². The summed E-state index contributed by atoms with van der Waals surface area (Å²) in [6.45, 7) is 16.4. The van der Waals surface area contributed by atoms with E-state index in [0.29, 0.717) is 13.0 Å². The Balaban J connectivity index is 0.000000571. The molecule has 1 aliphatic rings. The molecule has 29 heavy (non-hydrogen) atoms. The quantitative estimate of drug-likeness (QED) is 0.229. The van der Waals surface area contributed by atoms with Gasteiger partial charge in [0.05, 0.1) is 24.5 Å². The second kappa shape index (κ2) is 12.8. The van der Waals surface area contributed by atoms with Crippen molar-refractivity contribution in [2.75, 3.05) is 19.8 Å². The van der Waals surface area contributed by atoms with Crippen molar-refractivity contribution < 1.29 is 33.3 Å². The standard InChI is InChI=1S/C13H24O4.C9H16O3/c1-6-10(2)12(15)16-9-7-8-11(14)17-13(3,4)5;1-4-9(2,3)8(10)12-6-7-5-11-7/h10H,6-9H2,1-5H3;7H,4-6H2,1-3H3. The highest BCUT2D eigenvalue weighted by molar-refractivity contribution is 5.75. The van der Waals surface area contributed by atoms with Crippen molar-refractivity contribution in [3.63, 3.8) is 0 Å². The summed E-state index contributed by atoms with van der Waals surface area (Å²) < 4.78 is 20.1. The van der Waals surface area contributed by atoms with E-state index in [2.05, 4.69) is 0 Å². The van der Waals surface area contributed by atoms with Crippen LogP contribution < -0.4 is 0 Å². The molecule has 2 atom stereocenters. The largest absolute Gasteiger partial charge is 0.465 e. The Kier molecular flexibility index (Phi) is 12.1. The van der Waals surface area contributed by atoms with Gasteiger partial charge in [-0.1, -0.05) is 20.8 Å². The number of carbonyl (C=O) groups is 3. The fraction of sp³-hybridized carbons (Fsp3) is 0.864. The van der Waals surface area contributed by atoms with Gasteiger partial charge in [0, 0.05) is 6.42 Å². The van der Waals surface area contributed by atoms with Crippen LogP contribution in [-0.2, 0) is 33.3 Å². The molecule has 0 saturated carbocycles. The van der Waals surface area contributed by atoms with Gasteiger partial charge in [0.25, 0.3) is 0 Å². The van der Waals surface area contributed by atoms with Crippen molar-refractivity contribution in [3.8, 4) is 0 Å². The molecule has 170 valence electrons. The zero-order valence-electron chi connectivity index (χ0n) is 19.5. The number of carbonyl (C=O) groups excluding carboxylic acids is 3. The van der Waals surface area contributed by atoms with Crippen LogP contribution in [0.25, 0.3) is 0 Å². The lowest BCUT2D eigenvalue weighted by Crippen LogP contribution is -2.27. The summed E-state index contributed by atoms with van der Waals surface area (Å²) in [5.74, 6) is -0.647. The highest BCUT2D eigenvalue weighted by Gasteiger charge is 2.30. The van der Waals surface area contributed by atoms with Gasteiger partial charge in [-0.2, -0.15) is 0 Å². The van der Waals surface area contributed by atoms with E-state index in [0.717, 1.165) is 19.4 Å². The van der Waals surface area contributed by atoms with E-state index >= 15 is 0 Å². The molecule has 0 bridgehead atoms. The maximum Gasteiger partial charge on any atom is 0.311 e. The monoisotopic (exact) mass is 416 g/mol. The van der Waals surface area contributed by atoms with Crippen LogP contribution in [0.2, 0.25) is 0 Å². The minimum absolute atomic E-state index is 0.0727. The van der Waals surface area contributed by atoms with Gasteiger partial charge in [0.15, 0.2) is 0 Å². The third-order valence-electron chi connectivity index (χ3n) is 4.44. The molecule has 7 nitrogen and oxygen atoms in total. The zero-order chi connectivity index (χ0) is 22.7. The molecule has 7 heteroatoms. The van der Waals surface area contributed by atoms with Crippen LogP contribution in [0.15, 0.2) is 0 Å². The second-order valence-corrected chi connectivity index (χ2v) is 8.96. The maximum atomic E-state index is 11.4. The molecule has 0 spiro atoms. The molecular formula is C22H40O7. The molecular weight excluding hydrogens is 376 g/mol. The van der Waals surface area contributed by atoms with Crippen molar-refractivity contribution in [1.29, 1.82) is 0 Å². The highest BCUT2D eigenvalue weighted by atomic mass is 16.6. The lowest BCUT2D eigenvalue weighted by atomic mass is 9.91. The molecule has 0 aliphatic carbocycles. The molecule has 1 fully saturated rings.